The molecule has 3 heteroatoms. The van der Waals surface area contributed by atoms with Crippen LogP contribution in [0.4, 0.5) is 0 Å². The predicted molar refractivity (Wildman–Crippen MR) is 129 cm³/mol. The molecule has 0 amide bonds. The molecule has 3 aromatic carbocycles. The van der Waals surface area contributed by atoms with Crippen LogP contribution in [0.3, 0.4) is 0 Å². The van der Waals surface area contributed by atoms with E-state index in [1.54, 1.807) is 0 Å². The molecule has 164 valence electrons. The molecule has 1 aliphatic heterocycles. The Morgan fingerprint density at radius 2 is 1.53 bits per heavy atom. The molecule has 0 spiro atoms. The van der Waals surface area contributed by atoms with E-state index >= 15 is 0 Å². The normalized spacial score (nSPS) is 25.1. The molecule has 2 aliphatic rings. The first-order chi connectivity index (χ1) is 15.5. The SMILES string of the molecule is Cc1cc(-c2ccccc2)ccc1C(=O)CN1C[C@@H]2CC(O)(Cc3ccccc3)C[C@@H]2C1. The van der Waals surface area contributed by atoms with Crippen LogP contribution in [-0.2, 0) is 6.42 Å². The third-order valence-electron chi connectivity index (χ3n) is 7.31. The molecule has 1 aliphatic carbocycles. The molecule has 0 aromatic heterocycles. The average Bonchev–Trinajstić information content (AvgIpc) is 3.28. The minimum Gasteiger partial charge on any atom is -0.390 e. The van der Waals surface area contributed by atoms with E-state index in [1.807, 2.05) is 49.4 Å². The smallest absolute Gasteiger partial charge is 0.177 e. The van der Waals surface area contributed by atoms with Gasteiger partial charge in [0.15, 0.2) is 5.78 Å². The van der Waals surface area contributed by atoms with Crippen LogP contribution < -0.4 is 0 Å². The van der Waals surface area contributed by atoms with Crippen molar-refractivity contribution in [2.75, 3.05) is 19.6 Å². The summed E-state index contributed by atoms with van der Waals surface area (Å²) in [6.07, 6.45) is 2.40. The van der Waals surface area contributed by atoms with Crippen LogP contribution in [0, 0.1) is 18.8 Å². The lowest BCUT2D eigenvalue weighted by molar-refractivity contribution is 0.0355. The number of benzene rings is 3. The van der Waals surface area contributed by atoms with Crippen molar-refractivity contribution in [3.63, 3.8) is 0 Å². The lowest BCUT2D eigenvalue weighted by atomic mass is 9.91. The van der Waals surface area contributed by atoms with Crippen LogP contribution >= 0.6 is 0 Å². The highest BCUT2D eigenvalue weighted by Crippen LogP contribution is 2.45. The first kappa shape index (κ1) is 21.1. The van der Waals surface area contributed by atoms with Gasteiger partial charge in [-0.25, -0.2) is 0 Å². The van der Waals surface area contributed by atoms with E-state index in [4.69, 9.17) is 0 Å². The molecular weight excluding hydrogens is 394 g/mol. The van der Waals surface area contributed by atoms with E-state index in [0.29, 0.717) is 18.4 Å². The van der Waals surface area contributed by atoms with Crippen LogP contribution in [-0.4, -0.2) is 41.0 Å². The number of hydrogen-bond donors (Lipinski definition) is 1. The first-order valence-corrected chi connectivity index (χ1v) is 11.7. The molecule has 32 heavy (non-hydrogen) atoms. The summed E-state index contributed by atoms with van der Waals surface area (Å²) < 4.78 is 0. The van der Waals surface area contributed by atoms with E-state index in [2.05, 4.69) is 41.3 Å². The fourth-order valence-corrected chi connectivity index (χ4v) is 5.88. The summed E-state index contributed by atoms with van der Waals surface area (Å²) in [7, 11) is 0. The fraction of sp³-hybridized carbons (Fsp3) is 0.345. The minimum atomic E-state index is -0.601. The Morgan fingerprint density at radius 3 is 2.16 bits per heavy atom. The summed E-state index contributed by atoms with van der Waals surface area (Å²) >= 11 is 0. The summed E-state index contributed by atoms with van der Waals surface area (Å²) in [4.78, 5) is 15.4. The zero-order valence-electron chi connectivity index (χ0n) is 18.7. The van der Waals surface area contributed by atoms with Gasteiger partial charge in [-0.1, -0.05) is 78.9 Å². The summed E-state index contributed by atoms with van der Waals surface area (Å²) in [5, 5.41) is 11.2. The summed E-state index contributed by atoms with van der Waals surface area (Å²) in [5.41, 5.74) is 4.78. The highest BCUT2D eigenvalue weighted by atomic mass is 16.3. The maximum atomic E-state index is 13.1. The number of rotatable bonds is 6. The van der Waals surface area contributed by atoms with Crippen LogP contribution in [0.2, 0.25) is 0 Å². The fourth-order valence-electron chi connectivity index (χ4n) is 5.88. The number of hydrogen-bond acceptors (Lipinski definition) is 3. The number of aryl methyl sites for hydroxylation is 1. The number of carbonyl (C=O) groups is 1. The molecule has 3 nitrogen and oxygen atoms in total. The molecule has 1 heterocycles. The predicted octanol–water partition coefficient (Wildman–Crippen LogP) is 5.16. The topological polar surface area (TPSA) is 40.5 Å². The molecule has 3 atom stereocenters. The molecule has 5 rings (SSSR count). The number of fused-ring (bicyclic) bond motifs is 1. The minimum absolute atomic E-state index is 0.196. The Balaban J connectivity index is 1.19. The van der Waals surface area contributed by atoms with Gasteiger partial charge in [0.25, 0.3) is 0 Å². The van der Waals surface area contributed by atoms with Crippen molar-refractivity contribution in [1.29, 1.82) is 0 Å². The van der Waals surface area contributed by atoms with Gasteiger partial charge in [0, 0.05) is 25.1 Å². The monoisotopic (exact) mass is 425 g/mol. The van der Waals surface area contributed by atoms with Crippen molar-refractivity contribution in [1.82, 2.24) is 4.90 Å². The summed E-state index contributed by atoms with van der Waals surface area (Å²) in [5.74, 6) is 1.16. The average molecular weight is 426 g/mol. The standard InChI is InChI=1S/C29H31NO2/c1-21-14-24(23-10-6-3-7-11-23)12-13-27(21)28(31)20-30-18-25-16-29(32,17-26(25)19-30)15-22-8-4-2-5-9-22/h2-14,25-26,32H,15-20H2,1H3/t25-,26+,29?. The number of likely N-dealkylation sites (tertiary alicyclic amines) is 1. The van der Waals surface area contributed by atoms with Gasteiger partial charge >= 0.3 is 0 Å². The zero-order valence-corrected chi connectivity index (χ0v) is 18.7. The van der Waals surface area contributed by atoms with Crippen molar-refractivity contribution in [2.24, 2.45) is 11.8 Å². The number of Topliss-reactive ketones (excluding diaryl/α,β-unsaturated/α-hetero) is 1. The molecule has 3 aromatic rings. The Morgan fingerprint density at radius 1 is 0.906 bits per heavy atom. The molecule has 2 fully saturated rings. The summed E-state index contributed by atoms with van der Waals surface area (Å²) in [6.45, 7) is 4.32. The second-order valence-corrected chi connectivity index (χ2v) is 9.83. The molecule has 1 saturated carbocycles. The van der Waals surface area contributed by atoms with Crippen LogP contribution in [0.1, 0.15) is 34.3 Å². The Hall–Kier alpha value is -2.75. The quantitative estimate of drug-likeness (QED) is 0.555. The van der Waals surface area contributed by atoms with Gasteiger partial charge in [0.2, 0.25) is 0 Å². The van der Waals surface area contributed by atoms with E-state index < -0.39 is 5.60 Å². The van der Waals surface area contributed by atoms with Crippen molar-refractivity contribution in [3.8, 4) is 11.1 Å². The summed E-state index contributed by atoms with van der Waals surface area (Å²) in [6, 6.07) is 26.7. The van der Waals surface area contributed by atoms with Crippen molar-refractivity contribution < 1.29 is 9.90 Å². The highest BCUT2D eigenvalue weighted by molar-refractivity contribution is 5.99. The third-order valence-corrected chi connectivity index (χ3v) is 7.31. The number of nitrogens with zero attached hydrogens (tertiary/aromatic N) is 1. The second-order valence-electron chi connectivity index (χ2n) is 9.83. The van der Waals surface area contributed by atoms with Gasteiger partial charge in [-0.05, 0) is 53.9 Å². The van der Waals surface area contributed by atoms with Gasteiger partial charge in [-0.15, -0.1) is 0 Å². The maximum absolute atomic E-state index is 13.1. The van der Waals surface area contributed by atoms with E-state index in [-0.39, 0.29) is 5.78 Å². The molecule has 1 N–H and O–H groups in total. The van der Waals surface area contributed by atoms with Gasteiger partial charge in [0.05, 0.1) is 12.1 Å². The lowest BCUT2D eigenvalue weighted by Gasteiger charge is -2.26. The van der Waals surface area contributed by atoms with E-state index in [0.717, 1.165) is 49.0 Å². The van der Waals surface area contributed by atoms with Gasteiger partial charge in [-0.3, -0.25) is 9.69 Å². The molecule has 0 radical (unpaired) electrons. The highest BCUT2D eigenvalue weighted by Gasteiger charge is 2.48. The zero-order chi connectivity index (χ0) is 22.1. The Bertz CT molecular complexity index is 1080. The van der Waals surface area contributed by atoms with Crippen LogP contribution in [0.15, 0.2) is 78.9 Å². The van der Waals surface area contributed by atoms with E-state index in [9.17, 15) is 9.90 Å². The van der Waals surface area contributed by atoms with Gasteiger partial charge in [-0.2, -0.15) is 0 Å². The lowest BCUT2D eigenvalue weighted by Crippen LogP contribution is -2.34. The number of carbonyl (C=O) groups excluding carboxylic acids is 1. The van der Waals surface area contributed by atoms with Crippen molar-refractivity contribution in [3.05, 3.63) is 95.6 Å². The Labute approximate surface area is 190 Å². The second kappa shape index (κ2) is 8.65. The molecule has 0 bridgehead atoms. The maximum Gasteiger partial charge on any atom is 0.177 e. The number of aliphatic hydroxyl groups is 1. The molecule has 1 saturated heterocycles. The van der Waals surface area contributed by atoms with Crippen molar-refractivity contribution in [2.45, 2.75) is 31.8 Å². The van der Waals surface area contributed by atoms with Crippen molar-refractivity contribution >= 4 is 5.78 Å². The van der Waals surface area contributed by atoms with Gasteiger partial charge < -0.3 is 5.11 Å². The first-order valence-electron chi connectivity index (χ1n) is 11.7. The van der Waals surface area contributed by atoms with Crippen LogP contribution in [0.5, 0.6) is 0 Å². The Kier molecular flexibility index (Phi) is 5.71. The molecular formula is C29H31NO2. The third kappa shape index (κ3) is 4.41. The van der Waals surface area contributed by atoms with E-state index in [1.165, 1.54) is 11.1 Å². The largest absolute Gasteiger partial charge is 0.390 e. The van der Waals surface area contributed by atoms with Gasteiger partial charge in [0.1, 0.15) is 0 Å². The number of ketones is 1. The molecule has 1 unspecified atom stereocenters. The van der Waals surface area contributed by atoms with Crippen LogP contribution in [0.25, 0.3) is 11.1 Å².